The van der Waals surface area contributed by atoms with Crippen molar-refractivity contribution in [2.75, 3.05) is 31.6 Å². The summed E-state index contributed by atoms with van der Waals surface area (Å²) in [5, 5.41) is 3.28. The standard InChI is InChI=1S/C12H21FN4/c1-4-6-14-7-8-17(3)12-11(13)10(5-2)15-9-16-12/h9,14H,4-8H2,1-3H3. The van der Waals surface area contributed by atoms with Crippen LogP contribution in [-0.4, -0.2) is 36.6 Å². The smallest absolute Gasteiger partial charge is 0.187 e. The van der Waals surface area contributed by atoms with Crippen LogP contribution in [0, 0.1) is 5.82 Å². The number of likely N-dealkylation sites (N-methyl/N-ethyl adjacent to an activating group) is 1. The molecule has 0 unspecified atom stereocenters. The van der Waals surface area contributed by atoms with Crippen molar-refractivity contribution in [2.45, 2.75) is 26.7 Å². The van der Waals surface area contributed by atoms with Crippen molar-refractivity contribution in [3.8, 4) is 0 Å². The Morgan fingerprint density at radius 1 is 1.29 bits per heavy atom. The summed E-state index contributed by atoms with van der Waals surface area (Å²) in [7, 11) is 1.85. The van der Waals surface area contributed by atoms with Crippen LogP contribution >= 0.6 is 0 Å². The fraction of sp³-hybridized carbons (Fsp3) is 0.667. The van der Waals surface area contributed by atoms with Gasteiger partial charge in [-0.25, -0.2) is 14.4 Å². The molecule has 17 heavy (non-hydrogen) atoms. The SMILES string of the molecule is CCCNCCN(C)c1ncnc(CC)c1F. The van der Waals surface area contributed by atoms with Gasteiger partial charge in [-0.15, -0.1) is 0 Å². The van der Waals surface area contributed by atoms with E-state index in [2.05, 4.69) is 22.2 Å². The van der Waals surface area contributed by atoms with Crippen LogP contribution in [0.5, 0.6) is 0 Å². The molecule has 0 bridgehead atoms. The Labute approximate surface area is 102 Å². The topological polar surface area (TPSA) is 41.0 Å². The molecule has 0 aliphatic heterocycles. The molecule has 0 amide bonds. The van der Waals surface area contributed by atoms with Gasteiger partial charge in [0.15, 0.2) is 11.6 Å². The van der Waals surface area contributed by atoms with E-state index in [1.54, 1.807) is 0 Å². The highest BCUT2D eigenvalue weighted by atomic mass is 19.1. The molecule has 1 heterocycles. The van der Waals surface area contributed by atoms with Crippen LogP contribution in [0.3, 0.4) is 0 Å². The van der Waals surface area contributed by atoms with Gasteiger partial charge >= 0.3 is 0 Å². The third-order valence-corrected chi connectivity index (χ3v) is 2.59. The monoisotopic (exact) mass is 240 g/mol. The first kappa shape index (κ1) is 13.8. The van der Waals surface area contributed by atoms with Gasteiger partial charge in [0, 0.05) is 20.1 Å². The van der Waals surface area contributed by atoms with Crippen LogP contribution in [0.1, 0.15) is 26.0 Å². The van der Waals surface area contributed by atoms with Gasteiger partial charge in [0.2, 0.25) is 0 Å². The Morgan fingerprint density at radius 2 is 2.06 bits per heavy atom. The Balaban J connectivity index is 2.59. The van der Waals surface area contributed by atoms with Crippen molar-refractivity contribution in [3.63, 3.8) is 0 Å². The maximum atomic E-state index is 13.9. The van der Waals surface area contributed by atoms with E-state index in [-0.39, 0.29) is 5.82 Å². The minimum absolute atomic E-state index is 0.298. The number of aromatic nitrogens is 2. The minimum atomic E-state index is -0.298. The second kappa shape index (κ2) is 7.17. The van der Waals surface area contributed by atoms with Crippen molar-refractivity contribution in [2.24, 2.45) is 0 Å². The predicted octanol–water partition coefficient (Wildman–Crippen LogP) is 1.61. The van der Waals surface area contributed by atoms with E-state index in [0.717, 1.165) is 26.1 Å². The number of hydrogen-bond donors (Lipinski definition) is 1. The first-order chi connectivity index (χ1) is 8.20. The van der Waals surface area contributed by atoms with E-state index >= 15 is 0 Å². The Hall–Kier alpha value is -1.23. The van der Waals surface area contributed by atoms with Gasteiger partial charge < -0.3 is 10.2 Å². The summed E-state index contributed by atoms with van der Waals surface area (Å²) in [5.74, 6) is 0.0862. The molecule has 0 saturated carbocycles. The third kappa shape index (κ3) is 3.93. The zero-order valence-corrected chi connectivity index (χ0v) is 10.8. The molecular weight excluding hydrogens is 219 g/mol. The normalized spacial score (nSPS) is 10.6. The minimum Gasteiger partial charge on any atom is -0.356 e. The van der Waals surface area contributed by atoms with E-state index in [9.17, 15) is 4.39 Å². The van der Waals surface area contributed by atoms with Gasteiger partial charge in [0.05, 0.1) is 5.69 Å². The predicted molar refractivity (Wildman–Crippen MR) is 67.8 cm³/mol. The molecular formula is C12H21FN4. The lowest BCUT2D eigenvalue weighted by atomic mass is 10.3. The summed E-state index contributed by atoms with van der Waals surface area (Å²) in [5.41, 5.74) is 0.475. The van der Waals surface area contributed by atoms with Crippen LogP contribution < -0.4 is 10.2 Å². The summed E-state index contributed by atoms with van der Waals surface area (Å²) >= 11 is 0. The summed E-state index contributed by atoms with van der Waals surface area (Å²) in [6.07, 6.45) is 3.11. The van der Waals surface area contributed by atoms with Crippen molar-refractivity contribution < 1.29 is 4.39 Å². The quantitative estimate of drug-likeness (QED) is 0.735. The van der Waals surface area contributed by atoms with Gasteiger partial charge in [0.1, 0.15) is 6.33 Å². The molecule has 1 aromatic heterocycles. The van der Waals surface area contributed by atoms with Crippen LogP contribution in [0.25, 0.3) is 0 Å². The zero-order chi connectivity index (χ0) is 12.7. The maximum absolute atomic E-state index is 13.9. The molecule has 0 spiro atoms. The molecule has 0 saturated heterocycles. The van der Waals surface area contributed by atoms with E-state index < -0.39 is 0 Å². The Bertz CT molecular complexity index is 343. The summed E-state index contributed by atoms with van der Waals surface area (Å²) in [4.78, 5) is 9.74. The van der Waals surface area contributed by atoms with Crippen molar-refractivity contribution in [1.29, 1.82) is 0 Å². The number of anilines is 1. The van der Waals surface area contributed by atoms with Gasteiger partial charge in [-0.3, -0.25) is 0 Å². The molecule has 0 atom stereocenters. The highest BCUT2D eigenvalue weighted by molar-refractivity contribution is 5.39. The number of halogens is 1. The Morgan fingerprint density at radius 3 is 2.71 bits per heavy atom. The lowest BCUT2D eigenvalue weighted by Gasteiger charge is -2.19. The molecule has 1 rings (SSSR count). The molecule has 1 aromatic rings. The number of nitrogens with zero attached hydrogens (tertiary/aromatic N) is 3. The molecule has 0 aliphatic rings. The lowest BCUT2D eigenvalue weighted by Crippen LogP contribution is -2.30. The highest BCUT2D eigenvalue weighted by Gasteiger charge is 2.12. The van der Waals surface area contributed by atoms with Gasteiger partial charge in [-0.2, -0.15) is 0 Å². The van der Waals surface area contributed by atoms with Crippen LogP contribution in [0.15, 0.2) is 6.33 Å². The van der Waals surface area contributed by atoms with Gasteiger partial charge in [-0.05, 0) is 19.4 Å². The van der Waals surface area contributed by atoms with Crippen molar-refractivity contribution in [1.82, 2.24) is 15.3 Å². The lowest BCUT2D eigenvalue weighted by molar-refractivity contribution is 0.583. The largest absolute Gasteiger partial charge is 0.356 e. The fourth-order valence-electron chi connectivity index (χ4n) is 1.56. The number of rotatable bonds is 7. The summed E-state index contributed by atoms with van der Waals surface area (Å²) < 4.78 is 13.9. The van der Waals surface area contributed by atoms with Gasteiger partial charge in [0.25, 0.3) is 0 Å². The molecule has 96 valence electrons. The van der Waals surface area contributed by atoms with E-state index in [0.29, 0.717) is 17.9 Å². The number of nitrogens with one attached hydrogen (secondary N) is 1. The second-order valence-corrected chi connectivity index (χ2v) is 3.98. The Kier molecular flexibility index (Phi) is 5.83. The average molecular weight is 240 g/mol. The zero-order valence-electron chi connectivity index (χ0n) is 10.8. The summed E-state index contributed by atoms with van der Waals surface area (Å²) in [6, 6.07) is 0. The molecule has 5 heteroatoms. The number of hydrogen-bond acceptors (Lipinski definition) is 4. The molecule has 0 aliphatic carbocycles. The first-order valence-corrected chi connectivity index (χ1v) is 6.11. The van der Waals surface area contributed by atoms with E-state index in [1.165, 1.54) is 6.33 Å². The number of aryl methyl sites for hydroxylation is 1. The molecule has 0 radical (unpaired) electrons. The highest BCUT2D eigenvalue weighted by Crippen LogP contribution is 2.16. The van der Waals surface area contributed by atoms with E-state index in [4.69, 9.17) is 0 Å². The fourth-order valence-corrected chi connectivity index (χ4v) is 1.56. The molecule has 4 nitrogen and oxygen atoms in total. The average Bonchev–Trinajstić information content (AvgIpc) is 2.34. The van der Waals surface area contributed by atoms with Crippen LogP contribution in [0.2, 0.25) is 0 Å². The third-order valence-electron chi connectivity index (χ3n) is 2.59. The van der Waals surface area contributed by atoms with E-state index in [1.807, 2.05) is 18.9 Å². The van der Waals surface area contributed by atoms with Crippen LogP contribution in [0.4, 0.5) is 10.2 Å². The van der Waals surface area contributed by atoms with Gasteiger partial charge in [-0.1, -0.05) is 13.8 Å². The maximum Gasteiger partial charge on any atom is 0.187 e. The molecule has 0 fully saturated rings. The van der Waals surface area contributed by atoms with Crippen molar-refractivity contribution >= 4 is 5.82 Å². The second-order valence-electron chi connectivity index (χ2n) is 3.98. The summed E-state index contributed by atoms with van der Waals surface area (Å²) in [6.45, 7) is 6.55. The van der Waals surface area contributed by atoms with Crippen LogP contribution in [-0.2, 0) is 6.42 Å². The molecule has 0 aromatic carbocycles. The molecule has 1 N–H and O–H groups in total. The van der Waals surface area contributed by atoms with Crippen molar-refractivity contribution in [3.05, 3.63) is 17.8 Å². The first-order valence-electron chi connectivity index (χ1n) is 6.11.